The van der Waals surface area contributed by atoms with Crippen LogP contribution in [0.1, 0.15) is 25.3 Å². The van der Waals surface area contributed by atoms with E-state index in [9.17, 15) is 4.79 Å². The lowest BCUT2D eigenvalue weighted by atomic mass is 9.92. The molecule has 1 amide bonds. The van der Waals surface area contributed by atoms with Crippen LogP contribution in [-0.2, 0) is 11.3 Å². The van der Waals surface area contributed by atoms with Crippen molar-refractivity contribution in [1.82, 2.24) is 10.6 Å². The monoisotopic (exact) mass is 340 g/mol. The van der Waals surface area contributed by atoms with E-state index < -0.39 is 0 Å². The first-order valence-electron chi connectivity index (χ1n) is 6.93. The third kappa shape index (κ3) is 3.96. The summed E-state index contributed by atoms with van der Waals surface area (Å²) in [4.78, 5) is 12.2. The number of amides is 1. The van der Waals surface area contributed by atoms with E-state index in [1.54, 1.807) is 7.11 Å². The Morgan fingerprint density at radius 2 is 2.35 bits per heavy atom. The molecule has 1 saturated heterocycles. The van der Waals surface area contributed by atoms with E-state index in [-0.39, 0.29) is 11.8 Å². The van der Waals surface area contributed by atoms with Crippen molar-refractivity contribution in [3.63, 3.8) is 0 Å². The number of benzene rings is 1. The minimum atomic E-state index is 0.115. The Kier molecular flexibility index (Phi) is 5.43. The Morgan fingerprint density at radius 3 is 3.05 bits per heavy atom. The van der Waals surface area contributed by atoms with Gasteiger partial charge in [-0.2, -0.15) is 0 Å². The second kappa shape index (κ2) is 7.09. The highest BCUT2D eigenvalue weighted by Crippen LogP contribution is 2.23. The molecule has 110 valence electrons. The van der Waals surface area contributed by atoms with Crippen molar-refractivity contribution in [2.24, 2.45) is 5.92 Å². The molecule has 2 rings (SSSR count). The third-order valence-electron chi connectivity index (χ3n) is 3.69. The average Bonchev–Trinajstić information content (AvgIpc) is 2.45. The zero-order chi connectivity index (χ0) is 14.5. The third-order valence-corrected chi connectivity index (χ3v) is 4.18. The molecule has 20 heavy (non-hydrogen) atoms. The fourth-order valence-electron chi connectivity index (χ4n) is 2.58. The van der Waals surface area contributed by atoms with Gasteiger partial charge in [0.2, 0.25) is 5.91 Å². The number of carbonyl (C=O) groups excluding carboxylic acids is 1. The van der Waals surface area contributed by atoms with Crippen molar-refractivity contribution >= 4 is 21.8 Å². The first-order valence-corrected chi connectivity index (χ1v) is 7.73. The van der Waals surface area contributed by atoms with Crippen LogP contribution in [0.15, 0.2) is 22.7 Å². The summed E-state index contributed by atoms with van der Waals surface area (Å²) in [5, 5.41) is 6.38. The molecule has 0 spiro atoms. The van der Waals surface area contributed by atoms with Gasteiger partial charge in [0.25, 0.3) is 0 Å². The number of methoxy groups -OCH3 is 1. The summed E-state index contributed by atoms with van der Waals surface area (Å²) in [5.74, 6) is 1.05. The van der Waals surface area contributed by atoms with Crippen LogP contribution in [0.25, 0.3) is 0 Å². The number of hydrogen-bond donors (Lipinski definition) is 2. The molecule has 0 radical (unpaired) electrons. The summed E-state index contributed by atoms with van der Waals surface area (Å²) >= 11 is 3.44. The van der Waals surface area contributed by atoms with Gasteiger partial charge in [-0.3, -0.25) is 4.79 Å². The van der Waals surface area contributed by atoms with Crippen molar-refractivity contribution in [2.45, 2.75) is 32.4 Å². The molecular formula is C15H21BrN2O2. The maximum absolute atomic E-state index is 12.2. The van der Waals surface area contributed by atoms with Crippen LogP contribution in [0.3, 0.4) is 0 Å². The smallest absolute Gasteiger partial charge is 0.223 e. The molecule has 1 aromatic rings. The molecule has 1 aromatic carbocycles. The molecule has 1 aliphatic heterocycles. The van der Waals surface area contributed by atoms with Gasteiger partial charge in [-0.05, 0) is 44.5 Å². The largest absolute Gasteiger partial charge is 0.496 e. The van der Waals surface area contributed by atoms with Gasteiger partial charge in [-0.15, -0.1) is 0 Å². The topological polar surface area (TPSA) is 50.4 Å². The summed E-state index contributed by atoms with van der Waals surface area (Å²) in [6, 6.07) is 6.22. The highest BCUT2D eigenvalue weighted by atomic mass is 79.9. The van der Waals surface area contributed by atoms with Gasteiger partial charge in [0, 0.05) is 28.5 Å². The lowest BCUT2D eigenvalue weighted by Crippen LogP contribution is -2.42. The van der Waals surface area contributed by atoms with Crippen molar-refractivity contribution in [3.8, 4) is 5.75 Å². The molecule has 0 aliphatic carbocycles. The van der Waals surface area contributed by atoms with Gasteiger partial charge in [0.1, 0.15) is 5.75 Å². The van der Waals surface area contributed by atoms with Crippen molar-refractivity contribution < 1.29 is 9.53 Å². The summed E-state index contributed by atoms with van der Waals surface area (Å²) in [7, 11) is 1.64. The molecule has 0 saturated carbocycles. The molecule has 0 unspecified atom stereocenters. The minimum absolute atomic E-state index is 0.115. The predicted molar refractivity (Wildman–Crippen MR) is 82.7 cm³/mol. The molecule has 4 nitrogen and oxygen atoms in total. The normalized spacial score (nSPS) is 22.4. The Hall–Kier alpha value is -1.07. The van der Waals surface area contributed by atoms with Gasteiger partial charge < -0.3 is 15.4 Å². The Labute approximate surface area is 128 Å². The van der Waals surface area contributed by atoms with E-state index in [1.165, 1.54) is 0 Å². The Morgan fingerprint density at radius 1 is 1.55 bits per heavy atom. The second-order valence-corrected chi connectivity index (χ2v) is 6.17. The molecule has 0 bridgehead atoms. The standard InChI is InChI=1S/C15H21BrN2O2/c1-10-7-11(5-6-17-10)15(19)18-9-12-8-13(16)3-4-14(12)20-2/h3-4,8,10-11,17H,5-7,9H2,1-2H3,(H,18,19)/t10-,11-/m0/s1. The minimum Gasteiger partial charge on any atom is -0.496 e. The number of piperidine rings is 1. The van der Waals surface area contributed by atoms with Gasteiger partial charge >= 0.3 is 0 Å². The Bertz CT molecular complexity index is 479. The number of nitrogens with one attached hydrogen (secondary N) is 2. The van der Waals surface area contributed by atoms with Crippen LogP contribution in [-0.4, -0.2) is 25.6 Å². The second-order valence-electron chi connectivity index (χ2n) is 5.25. The Balaban J connectivity index is 1.94. The van der Waals surface area contributed by atoms with Crippen LogP contribution in [0.4, 0.5) is 0 Å². The van der Waals surface area contributed by atoms with E-state index in [2.05, 4.69) is 33.5 Å². The molecular weight excluding hydrogens is 320 g/mol. The fourth-order valence-corrected chi connectivity index (χ4v) is 2.99. The zero-order valence-electron chi connectivity index (χ0n) is 11.9. The molecule has 1 fully saturated rings. The van der Waals surface area contributed by atoms with Crippen LogP contribution in [0, 0.1) is 5.92 Å². The van der Waals surface area contributed by atoms with Crippen molar-refractivity contribution in [3.05, 3.63) is 28.2 Å². The predicted octanol–water partition coefficient (Wildman–Crippen LogP) is 2.46. The SMILES string of the molecule is COc1ccc(Br)cc1CNC(=O)[C@H]1CCN[C@@H](C)C1. The summed E-state index contributed by atoms with van der Waals surface area (Å²) < 4.78 is 6.30. The zero-order valence-corrected chi connectivity index (χ0v) is 13.5. The quantitative estimate of drug-likeness (QED) is 0.885. The van der Waals surface area contributed by atoms with E-state index in [0.717, 1.165) is 35.2 Å². The van der Waals surface area contributed by atoms with Crippen molar-refractivity contribution in [2.75, 3.05) is 13.7 Å². The molecule has 1 heterocycles. The fraction of sp³-hybridized carbons (Fsp3) is 0.533. The van der Waals surface area contributed by atoms with Gasteiger partial charge in [-0.1, -0.05) is 15.9 Å². The first-order chi connectivity index (χ1) is 9.60. The maximum Gasteiger partial charge on any atom is 0.223 e. The van der Waals surface area contributed by atoms with Crippen LogP contribution in [0.2, 0.25) is 0 Å². The van der Waals surface area contributed by atoms with E-state index in [0.29, 0.717) is 12.6 Å². The summed E-state index contributed by atoms with van der Waals surface area (Å²) in [5.41, 5.74) is 0.984. The number of rotatable bonds is 4. The first kappa shape index (κ1) is 15.3. The van der Waals surface area contributed by atoms with E-state index >= 15 is 0 Å². The van der Waals surface area contributed by atoms with Gasteiger partial charge in [-0.25, -0.2) is 0 Å². The number of ether oxygens (including phenoxy) is 1. The van der Waals surface area contributed by atoms with Gasteiger partial charge in [0.15, 0.2) is 0 Å². The average molecular weight is 341 g/mol. The van der Waals surface area contributed by atoms with Crippen LogP contribution in [0.5, 0.6) is 5.75 Å². The lowest BCUT2D eigenvalue weighted by molar-refractivity contribution is -0.126. The van der Waals surface area contributed by atoms with Crippen LogP contribution < -0.4 is 15.4 Å². The summed E-state index contributed by atoms with van der Waals surface area (Å²) in [6.45, 7) is 3.54. The highest BCUT2D eigenvalue weighted by Gasteiger charge is 2.24. The van der Waals surface area contributed by atoms with Crippen LogP contribution >= 0.6 is 15.9 Å². The maximum atomic E-state index is 12.2. The number of carbonyl (C=O) groups is 1. The van der Waals surface area contributed by atoms with Crippen molar-refractivity contribution in [1.29, 1.82) is 0 Å². The van der Waals surface area contributed by atoms with E-state index in [1.807, 2.05) is 18.2 Å². The lowest BCUT2D eigenvalue weighted by Gasteiger charge is -2.27. The van der Waals surface area contributed by atoms with E-state index in [4.69, 9.17) is 4.74 Å². The molecule has 2 N–H and O–H groups in total. The highest BCUT2D eigenvalue weighted by molar-refractivity contribution is 9.10. The molecule has 2 atom stereocenters. The number of halogens is 1. The molecule has 1 aliphatic rings. The number of hydrogen-bond acceptors (Lipinski definition) is 3. The van der Waals surface area contributed by atoms with Gasteiger partial charge in [0.05, 0.1) is 7.11 Å². The molecule has 0 aromatic heterocycles. The molecule has 5 heteroatoms. The summed E-state index contributed by atoms with van der Waals surface area (Å²) in [6.07, 6.45) is 1.81.